The molecule has 0 amide bonds. The maximum absolute atomic E-state index is 12.9. The second-order valence-corrected chi connectivity index (χ2v) is 5.90. The van der Waals surface area contributed by atoms with Crippen molar-refractivity contribution >= 4 is 0 Å². The molecule has 2 aromatic rings. The summed E-state index contributed by atoms with van der Waals surface area (Å²) >= 11 is 0. The zero-order chi connectivity index (χ0) is 16.6. The van der Waals surface area contributed by atoms with Crippen LogP contribution in [0.2, 0.25) is 0 Å². The first-order chi connectivity index (χ1) is 10.8. The summed E-state index contributed by atoms with van der Waals surface area (Å²) in [6, 6.07) is 6.99. The van der Waals surface area contributed by atoms with Crippen LogP contribution in [0.25, 0.3) is 0 Å². The SMILES string of the molecule is Cn1nccc1CN1C[C@H](O)C[C@@H]1c1cccc(C(F)(F)F)c1. The third-order valence-corrected chi connectivity index (χ3v) is 4.27. The molecule has 4 nitrogen and oxygen atoms in total. The molecular weight excluding hydrogens is 307 g/mol. The normalized spacial score (nSPS) is 22.7. The Bertz CT molecular complexity index is 683. The number of rotatable bonds is 3. The van der Waals surface area contributed by atoms with Crippen LogP contribution in [0.15, 0.2) is 36.5 Å². The third-order valence-electron chi connectivity index (χ3n) is 4.27. The first-order valence-corrected chi connectivity index (χ1v) is 7.41. The van der Waals surface area contributed by atoms with E-state index in [9.17, 15) is 18.3 Å². The molecule has 1 aromatic carbocycles. The van der Waals surface area contributed by atoms with Crippen molar-refractivity contribution in [3.05, 3.63) is 53.3 Å². The van der Waals surface area contributed by atoms with Gasteiger partial charge in [-0.15, -0.1) is 0 Å². The van der Waals surface area contributed by atoms with E-state index in [0.717, 1.165) is 11.8 Å². The molecule has 0 saturated carbocycles. The van der Waals surface area contributed by atoms with E-state index in [-0.39, 0.29) is 6.04 Å². The van der Waals surface area contributed by atoms with E-state index in [0.29, 0.717) is 25.1 Å². The first-order valence-electron chi connectivity index (χ1n) is 7.41. The number of nitrogens with zero attached hydrogens (tertiary/aromatic N) is 3. The lowest BCUT2D eigenvalue weighted by molar-refractivity contribution is -0.137. The number of hydrogen-bond acceptors (Lipinski definition) is 3. The van der Waals surface area contributed by atoms with Crippen LogP contribution in [0.4, 0.5) is 13.2 Å². The predicted molar refractivity (Wildman–Crippen MR) is 78.4 cm³/mol. The number of β-amino-alcohol motifs (C(OH)–C–C–N with tert-alkyl or cyclic N) is 1. The molecule has 2 heterocycles. The van der Waals surface area contributed by atoms with E-state index in [1.165, 1.54) is 12.1 Å². The Morgan fingerprint density at radius 2 is 2.09 bits per heavy atom. The number of aliphatic hydroxyl groups excluding tert-OH is 1. The molecule has 0 bridgehead atoms. The number of halogens is 3. The lowest BCUT2D eigenvalue weighted by atomic mass is 10.0. The Morgan fingerprint density at radius 3 is 2.74 bits per heavy atom. The van der Waals surface area contributed by atoms with Crippen molar-refractivity contribution < 1.29 is 18.3 Å². The highest BCUT2D eigenvalue weighted by atomic mass is 19.4. The minimum Gasteiger partial charge on any atom is -0.392 e. The molecule has 0 spiro atoms. The van der Waals surface area contributed by atoms with Crippen LogP contribution in [-0.4, -0.2) is 32.4 Å². The van der Waals surface area contributed by atoms with Crippen molar-refractivity contribution in [3.63, 3.8) is 0 Å². The molecule has 0 unspecified atom stereocenters. The molecule has 23 heavy (non-hydrogen) atoms. The fourth-order valence-corrected chi connectivity index (χ4v) is 3.09. The minimum atomic E-state index is -4.36. The lowest BCUT2D eigenvalue weighted by Crippen LogP contribution is -2.25. The number of alkyl halides is 3. The zero-order valence-corrected chi connectivity index (χ0v) is 12.7. The van der Waals surface area contributed by atoms with E-state index in [2.05, 4.69) is 5.10 Å². The van der Waals surface area contributed by atoms with Gasteiger partial charge in [-0.05, 0) is 30.2 Å². The summed E-state index contributed by atoms with van der Waals surface area (Å²) in [7, 11) is 1.82. The largest absolute Gasteiger partial charge is 0.416 e. The summed E-state index contributed by atoms with van der Waals surface area (Å²) in [4.78, 5) is 2.00. The van der Waals surface area contributed by atoms with E-state index in [4.69, 9.17) is 0 Å². The highest BCUT2D eigenvalue weighted by Gasteiger charge is 2.35. The van der Waals surface area contributed by atoms with Gasteiger partial charge in [0, 0.05) is 32.4 Å². The molecule has 1 saturated heterocycles. The van der Waals surface area contributed by atoms with Gasteiger partial charge < -0.3 is 5.11 Å². The second kappa shape index (κ2) is 5.98. The van der Waals surface area contributed by atoms with Gasteiger partial charge in [0.1, 0.15) is 0 Å². The molecule has 1 aliphatic rings. The second-order valence-electron chi connectivity index (χ2n) is 5.90. The quantitative estimate of drug-likeness (QED) is 0.943. The molecule has 1 aromatic heterocycles. The van der Waals surface area contributed by atoms with E-state index in [1.807, 2.05) is 18.0 Å². The fourth-order valence-electron chi connectivity index (χ4n) is 3.09. The molecule has 2 atom stereocenters. The molecule has 7 heteroatoms. The standard InChI is InChI=1S/C16H18F3N3O/c1-21-13(5-6-20-21)9-22-10-14(23)8-15(22)11-3-2-4-12(7-11)16(17,18)19/h2-7,14-15,23H,8-10H2,1H3/t14-,15-/m1/s1. The highest BCUT2D eigenvalue weighted by molar-refractivity contribution is 5.29. The van der Waals surface area contributed by atoms with Crippen LogP contribution >= 0.6 is 0 Å². The number of aryl methyl sites for hydroxylation is 1. The molecule has 124 valence electrons. The van der Waals surface area contributed by atoms with Crippen molar-refractivity contribution in [1.82, 2.24) is 14.7 Å². The lowest BCUT2D eigenvalue weighted by Gasteiger charge is -2.25. The van der Waals surface area contributed by atoms with Gasteiger partial charge in [-0.25, -0.2) is 0 Å². The van der Waals surface area contributed by atoms with Gasteiger partial charge in [0.15, 0.2) is 0 Å². The molecular formula is C16H18F3N3O. The van der Waals surface area contributed by atoms with Crippen LogP contribution < -0.4 is 0 Å². The van der Waals surface area contributed by atoms with Gasteiger partial charge in [-0.1, -0.05) is 12.1 Å². The van der Waals surface area contributed by atoms with Crippen molar-refractivity contribution in [2.24, 2.45) is 7.05 Å². The number of hydrogen-bond donors (Lipinski definition) is 1. The Balaban J connectivity index is 1.86. The van der Waals surface area contributed by atoms with Crippen LogP contribution in [-0.2, 0) is 19.8 Å². The van der Waals surface area contributed by atoms with E-state index in [1.54, 1.807) is 16.9 Å². The van der Waals surface area contributed by atoms with Crippen LogP contribution in [0.5, 0.6) is 0 Å². The van der Waals surface area contributed by atoms with Crippen LogP contribution in [0.1, 0.15) is 29.3 Å². The Morgan fingerprint density at radius 1 is 1.30 bits per heavy atom. The Kier molecular flexibility index (Phi) is 4.16. The van der Waals surface area contributed by atoms with Gasteiger partial charge >= 0.3 is 6.18 Å². The summed E-state index contributed by atoms with van der Waals surface area (Å²) in [5.74, 6) is 0. The summed E-state index contributed by atoms with van der Waals surface area (Å²) in [5.41, 5.74) is 0.881. The van der Waals surface area contributed by atoms with Gasteiger partial charge in [0.2, 0.25) is 0 Å². The van der Waals surface area contributed by atoms with E-state index >= 15 is 0 Å². The Labute approximate surface area is 132 Å². The van der Waals surface area contributed by atoms with Crippen molar-refractivity contribution in [3.8, 4) is 0 Å². The van der Waals surface area contributed by atoms with Crippen LogP contribution in [0, 0.1) is 0 Å². The van der Waals surface area contributed by atoms with Crippen LogP contribution in [0.3, 0.4) is 0 Å². The zero-order valence-electron chi connectivity index (χ0n) is 12.7. The van der Waals surface area contributed by atoms with Crippen molar-refractivity contribution in [2.75, 3.05) is 6.54 Å². The molecule has 1 aliphatic heterocycles. The average molecular weight is 325 g/mol. The monoisotopic (exact) mass is 325 g/mol. The van der Waals surface area contributed by atoms with Gasteiger partial charge in [0.25, 0.3) is 0 Å². The average Bonchev–Trinajstić information content (AvgIpc) is 3.05. The summed E-state index contributed by atoms with van der Waals surface area (Å²) in [6.07, 6.45) is -2.79. The smallest absolute Gasteiger partial charge is 0.392 e. The number of aromatic nitrogens is 2. The molecule has 0 aliphatic carbocycles. The fraction of sp³-hybridized carbons (Fsp3) is 0.438. The highest BCUT2D eigenvalue weighted by Crippen LogP contribution is 2.36. The minimum absolute atomic E-state index is 0.234. The molecule has 1 fully saturated rings. The number of likely N-dealkylation sites (tertiary alicyclic amines) is 1. The van der Waals surface area contributed by atoms with Crippen molar-refractivity contribution in [2.45, 2.75) is 31.3 Å². The van der Waals surface area contributed by atoms with E-state index < -0.39 is 17.8 Å². The van der Waals surface area contributed by atoms with Crippen molar-refractivity contribution in [1.29, 1.82) is 0 Å². The van der Waals surface area contributed by atoms with Gasteiger partial charge in [0.05, 0.1) is 17.4 Å². The third kappa shape index (κ3) is 3.40. The first kappa shape index (κ1) is 16.0. The van der Waals surface area contributed by atoms with Gasteiger partial charge in [-0.3, -0.25) is 9.58 Å². The number of aliphatic hydroxyl groups is 1. The summed E-state index contributed by atoms with van der Waals surface area (Å²) in [5, 5.41) is 14.1. The maximum Gasteiger partial charge on any atom is 0.416 e. The number of benzene rings is 1. The Hall–Kier alpha value is -1.86. The summed E-state index contributed by atoms with van der Waals surface area (Å²) in [6.45, 7) is 0.973. The molecule has 1 N–H and O–H groups in total. The maximum atomic E-state index is 12.9. The van der Waals surface area contributed by atoms with Gasteiger partial charge in [-0.2, -0.15) is 18.3 Å². The topological polar surface area (TPSA) is 41.3 Å². The molecule has 0 radical (unpaired) electrons. The predicted octanol–water partition coefficient (Wildman–Crippen LogP) is 2.75. The summed E-state index contributed by atoms with van der Waals surface area (Å²) < 4.78 is 40.5. The molecule has 3 rings (SSSR count).